The van der Waals surface area contributed by atoms with Crippen LogP contribution in [-0.4, -0.2) is 19.1 Å². The molecule has 1 aromatic rings. The van der Waals surface area contributed by atoms with E-state index in [1.807, 2.05) is 0 Å². The summed E-state index contributed by atoms with van der Waals surface area (Å²) in [5, 5.41) is 2.74. The van der Waals surface area contributed by atoms with Crippen LogP contribution in [0.5, 0.6) is 11.5 Å². The van der Waals surface area contributed by atoms with E-state index in [1.54, 1.807) is 32.2 Å². The number of ether oxygens (including phenoxy) is 2. The first-order valence-electron chi connectivity index (χ1n) is 4.36. The molecule has 1 amide bonds. The van der Waals surface area contributed by atoms with Gasteiger partial charge < -0.3 is 14.8 Å². The van der Waals surface area contributed by atoms with Crippen LogP contribution >= 0.6 is 0 Å². The number of rotatable bonds is 1. The topological polar surface area (TPSA) is 47.6 Å². The first-order valence-corrected chi connectivity index (χ1v) is 4.36. The molecule has 0 fully saturated rings. The fourth-order valence-corrected chi connectivity index (χ4v) is 1.31. The number of amides is 1. The lowest BCUT2D eigenvalue weighted by atomic mass is 10.2. The first-order chi connectivity index (χ1) is 6.70. The Balaban J connectivity index is 2.37. The minimum absolute atomic E-state index is 0.134. The molecule has 0 radical (unpaired) electrons. The van der Waals surface area contributed by atoms with E-state index in [-0.39, 0.29) is 5.91 Å². The lowest BCUT2D eigenvalue weighted by Crippen LogP contribution is -2.34. The van der Waals surface area contributed by atoms with E-state index >= 15 is 0 Å². The van der Waals surface area contributed by atoms with Crippen LogP contribution in [0.15, 0.2) is 18.2 Å². The third-order valence-corrected chi connectivity index (χ3v) is 2.12. The number of benzene rings is 1. The van der Waals surface area contributed by atoms with Crippen molar-refractivity contribution < 1.29 is 14.3 Å². The lowest BCUT2D eigenvalue weighted by Gasteiger charge is -2.23. The second-order valence-electron chi connectivity index (χ2n) is 3.11. The highest BCUT2D eigenvalue weighted by Gasteiger charge is 2.23. The summed E-state index contributed by atoms with van der Waals surface area (Å²) in [6, 6.07) is 5.31. The summed E-state index contributed by atoms with van der Waals surface area (Å²) in [5.74, 6) is 1.24. The number of carbonyl (C=O) groups is 1. The fourth-order valence-electron chi connectivity index (χ4n) is 1.31. The maximum absolute atomic E-state index is 11.3. The predicted octanol–water partition coefficient (Wildman–Crippen LogP) is 1.41. The minimum Gasteiger partial charge on any atom is -0.497 e. The van der Waals surface area contributed by atoms with Gasteiger partial charge in [0, 0.05) is 6.07 Å². The Morgan fingerprint density at radius 3 is 3.00 bits per heavy atom. The highest BCUT2D eigenvalue weighted by Crippen LogP contribution is 2.32. The van der Waals surface area contributed by atoms with Crippen LogP contribution in [-0.2, 0) is 4.79 Å². The van der Waals surface area contributed by atoms with Crippen LogP contribution in [0.2, 0.25) is 0 Å². The van der Waals surface area contributed by atoms with E-state index in [4.69, 9.17) is 9.47 Å². The molecule has 0 unspecified atom stereocenters. The number of fused-ring (bicyclic) bond motifs is 1. The zero-order valence-corrected chi connectivity index (χ0v) is 8.03. The summed E-state index contributed by atoms with van der Waals surface area (Å²) in [4.78, 5) is 11.3. The van der Waals surface area contributed by atoms with Crippen molar-refractivity contribution in [3.63, 3.8) is 0 Å². The Morgan fingerprint density at radius 1 is 1.50 bits per heavy atom. The summed E-state index contributed by atoms with van der Waals surface area (Å²) in [6.45, 7) is 1.71. The van der Waals surface area contributed by atoms with Crippen molar-refractivity contribution in [2.24, 2.45) is 0 Å². The van der Waals surface area contributed by atoms with Crippen molar-refractivity contribution in [2.75, 3.05) is 12.4 Å². The molecular weight excluding hydrogens is 182 g/mol. The van der Waals surface area contributed by atoms with E-state index in [0.29, 0.717) is 17.2 Å². The molecule has 1 atom stereocenters. The smallest absolute Gasteiger partial charge is 0.265 e. The second kappa shape index (κ2) is 3.21. The molecule has 0 bridgehead atoms. The maximum Gasteiger partial charge on any atom is 0.265 e. The Morgan fingerprint density at radius 2 is 2.29 bits per heavy atom. The monoisotopic (exact) mass is 193 g/mol. The fraction of sp³-hybridized carbons (Fsp3) is 0.300. The molecule has 1 N–H and O–H groups in total. The largest absolute Gasteiger partial charge is 0.497 e. The number of hydrogen-bond acceptors (Lipinski definition) is 3. The molecule has 74 valence electrons. The van der Waals surface area contributed by atoms with Crippen molar-refractivity contribution in [2.45, 2.75) is 13.0 Å². The lowest BCUT2D eigenvalue weighted by molar-refractivity contribution is -0.122. The SMILES string of the molecule is COc1ccc2c(c1)NC(=O)[C@@H](C)O2. The molecule has 0 saturated carbocycles. The summed E-state index contributed by atoms with van der Waals surface area (Å²) in [5.41, 5.74) is 0.660. The Kier molecular flexibility index (Phi) is 2.04. The van der Waals surface area contributed by atoms with E-state index in [2.05, 4.69) is 5.32 Å². The van der Waals surface area contributed by atoms with Gasteiger partial charge in [-0.2, -0.15) is 0 Å². The van der Waals surface area contributed by atoms with Gasteiger partial charge in [-0.25, -0.2) is 0 Å². The van der Waals surface area contributed by atoms with Crippen LogP contribution in [0.1, 0.15) is 6.92 Å². The first kappa shape index (κ1) is 8.87. The van der Waals surface area contributed by atoms with Gasteiger partial charge >= 0.3 is 0 Å². The summed E-state index contributed by atoms with van der Waals surface area (Å²) in [7, 11) is 1.58. The quantitative estimate of drug-likeness (QED) is 0.733. The Hall–Kier alpha value is -1.71. The maximum atomic E-state index is 11.3. The van der Waals surface area contributed by atoms with Crippen LogP contribution in [0.4, 0.5) is 5.69 Å². The zero-order valence-electron chi connectivity index (χ0n) is 8.03. The highest BCUT2D eigenvalue weighted by atomic mass is 16.5. The van der Waals surface area contributed by atoms with Crippen molar-refractivity contribution >= 4 is 11.6 Å². The number of nitrogens with one attached hydrogen (secondary N) is 1. The molecule has 4 heteroatoms. The van der Waals surface area contributed by atoms with E-state index in [1.165, 1.54) is 0 Å². The normalized spacial score (nSPS) is 19.3. The minimum atomic E-state index is -0.434. The molecule has 14 heavy (non-hydrogen) atoms. The summed E-state index contributed by atoms with van der Waals surface area (Å²) >= 11 is 0. The molecule has 0 aromatic heterocycles. The number of carbonyl (C=O) groups excluding carboxylic acids is 1. The predicted molar refractivity (Wildman–Crippen MR) is 51.7 cm³/mol. The van der Waals surface area contributed by atoms with Crippen molar-refractivity contribution in [1.29, 1.82) is 0 Å². The number of anilines is 1. The average Bonchev–Trinajstić information content (AvgIpc) is 2.19. The summed E-state index contributed by atoms with van der Waals surface area (Å²) < 4.78 is 10.4. The molecule has 1 aromatic carbocycles. The van der Waals surface area contributed by atoms with Gasteiger partial charge in [0.05, 0.1) is 12.8 Å². The molecule has 0 spiro atoms. The van der Waals surface area contributed by atoms with Crippen molar-refractivity contribution in [1.82, 2.24) is 0 Å². The van der Waals surface area contributed by atoms with E-state index in [9.17, 15) is 4.79 Å². The third-order valence-electron chi connectivity index (χ3n) is 2.12. The van der Waals surface area contributed by atoms with E-state index in [0.717, 1.165) is 0 Å². The molecular formula is C10H11NO3. The highest BCUT2D eigenvalue weighted by molar-refractivity contribution is 5.97. The molecule has 1 aliphatic heterocycles. The molecule has 4 nitrogen and oxygen atoms in total. The molecule has 0 aliphatic carbocycles. The van der Waals surface area contributed by atoms with Crippen molar-refractivity contribution in [3.8, 4) is 11.5 Å². The van der Waals surface area contributed by atoms with Gasteiger partial charge in [0.1, 0.15) is 11.5 Å². The van der Waals surface area contributed by atoms with Gasteiger partial charge in [-0.05, 0) is 19.1 Å². The number of hydrogen-bond donors (Lipinski definition) is 1. The molecule has 2 rings (SSSR count). The Labute approximate surface area is 81.8 Å². The van der Waals surface area contributed by atoms with E-state index < -0.39 is 6.10 Å². The van der Waals surface area contributed by atoms with Crippen LogP contribution < -0.4 is 14.8 Å². The van der Waals surface area contributed by atoms with Crippen LogP contribution in [0, 0.1) is 0 Å². The van der Waals surface area contributed by atoms with Gasteiger partial charge in [0.15, 0.2) is 6.10 Å². The van der Waals surface area contributed by atoms with Gasteiger partial charge in [-0.1, -0.05) is 0 Å². The van der Waals surface area contributed by atoms with Gasteiger partial charge in [0.25, 0.3) is 5.91 Å². The molecule has 1 aliphatic rings. The zero-order chi connectivity index (χ0) is 10.1. The van der Waals surface area contributed by atoms with Crippen molar-refractivity contribution in [3.05, 3.63) is 18.2 Å². The average molecular weight is 193 g/mol. The van der Waals surface area contributed by atoms with Gasteiger partial charge in [0.2, 0.25) is 0 Å². The molecule has 0 saturated heterocycles. The standard InChI is InChI=1S/C10H11NO3/c1-6-10(12)11-8-5-7(13-2)3-4-9(8)14-6/h3-6H,1-2H3,(H,11,12)/t6-/m1/s1. The number of methoxy groups -OCH3 is 1. The second-order valence-corrected chi connectivity index (χ2v) is 3.11. The van der Waals surface area contributed by atoms with Gasteiger partial charge in [-0.3, -0.25) is 4.79 Å². The third kappa shape index (κ3) is 1.39. The van der Waals surface area contributed by atoms with Crippen LogP contribution in [0.3, 0.4) is 0 Å². The Bertz CT molecular complexity index is 376. The molecule has 1 heterocycles. The summed E-state index contributed by atoms with van der Waals surface area (Å²) in [6.07, 6.45) is -0.434. The van der Waals surface area contributed by atoms with Gasteiger partial charge in [-0.15, -0.1) is 0 Å². The van der Waals surface area contributed by atoms with Crippen LogP contribution in [0.25, 0.3) is 0 Å².